The first-order valence-corrected chi connectivity index (χ1v) is 17.8. The lowest BCUT2D eigenvalue weighted by Gasteiger charge is -2.38. The Labute approximate surface area is 285 Å². The van der Waals surface area contributed by atoms with Gasteiger partial charge in [0.2, 0.25) is 17.6 Å². The minimum atomic E-state index is -1.09. The summed E-state index contributed by atoms with van der Waals surface area (Å²) in [6.07, 6.45) is 5.35. The van der Waals surface area contributed by atoms with E-state index in [1.54, 1.807) is 11.8 Å². The van der Waals surface area contributed by atoms with E-state index in [9.17, 15) is 28.8 Å². The van der Waals surface area contributed by atoms with Crippen LogP contribution in [0.1, 0.15) is 107 Å². The molecule has 0 aromatic rings. The van der Waals surface area contributed by atoms with Crippen molar-refractivity contribution < 1.29 is 33.5 Å². The molecule has 0 spiro atoms. The number of ether oxygens (including phenoxy) is 1. The van der Waals surface area contributed by atoms with Gasteiger partial charge < -0.3 is 36.6 Å². The van der Waals surface area contributed by atoms with Crippen LogP contribution in [0.25, 0.3) is 0 Å². The second kappa shape index (κ2) is 14.6. The molecule has 0 aromatic carbocycles. The van der Waals surface area contributed by atoms with Crippen molar-refractivity contribution in [2.45, 2.75) is 143 Å². The van der Waals surface area contributed by atoms with Crippen LogP contribution in [0.4, 0.5) is 9.59 Å². The first-order valence-electron chi connectivity index (χ1n) is 17.8. The summed E-state index contributed by atoms with van der Waals surface area (Å²) in [5, 5.41) is 11.5. The average Bonchev–Trinajstić information content (AvgIpc) is 3.39. The van der Waals surface area contributed by atoms with Gasteiger partial charge in [-0.25, -0.2) is 9.59 Å². The lowest BCUT2D eigenvalue weighted by molar-refractivity contribution is -0.144. The predicted octanol–water partition coefficient (Wildman–Crippen LogP) is 2.99. The van der Waals surface area contributed by atoms with Crippen LogP contribution in [0, 0.1) is 34.5 Å². The molecule has 270 valence electrons. The lowest BCUT2D eigenvalue weighted by Crippen LogP contribution is -2.62. The van der Waals surface area contributed by atoms with Crippen molar-refractivity contribution in [3.8, 4) is 0 Å². The Kier molecular flexibility index (Phi) is 11.4. The number of urea groups is 1. The molecule has 13 heteroatoms. The number of alkyl carbamates (subject to hydrolysis) is 1. The number of carbonyl (C=O) groups is 6. The molecule has 2 unspecified atom stereocenters. The van der Waals surface area contributed by atoms with E-state index in [4.69, 9.17) is 10.5 Å². The molecule has 3 aliphatic carbocycles. The van der Waals surface area contributed by atoms with Crippen LogP contribution in [0.3, 0.4) is 0 Å². The molecule has 6 amide bonds. The second-order valence-corrected chi connectivity index (χ2v) is 16.6. The number of fused-ring (bicyclic) bond motifs is 1. The van der Waals surface area contributed by atoms with E-state index < -0.39 is 65.4 Å². The number of primary amides is 1. The highest BCUT2D eigenvalue weighted by atomic mass is 16.6. The molecular formula is C35H58N6O7. The molecule has 0 radical (unpaired) electrons. The number of hydrogen-bond donors (Lipinski definition) is 5. The van der Waals surface area contributed by atoms with E-state index in [0.29, 0.717) is 13.0 Å². The Bertz CT molecular complexity index is 1250. The van der Waals surface area contributed by atoms with Crippen LogP contribution in [0.2, 0.25) is 0 Å². The SMILES string of the molecule is CC(C)NC(=O)OC(C)[C@@H](NC(=O)N[C@H](C(=O)N1C[C@H]2[C@@H]([C@H]1C(=O)NC(CC1CCC1)C(=O)C(N)=O)C2(C)C)C1CCCC1)C(C)(C)C. The minimum Gasteiger partial charge on any atom is -0.444 e. The maximum atomic E-state index is 14.5. The van der Waals surface area contributed by atoms with Crippen molar-refractivity contribution in [2.24, 2.45) is 40.2 Å². The molecule has 0 bridgehead atoms. The summed E-state index contributed by atoms with van der Waals surface area (Å²) in [5.74, 6) is -2.62. The molecule has 1 heterocycles. The predicted molar refractivity (Wildman–Crippen MR) is 179 cm³/mol. The number of ketones is 1. The summed E-state index contributed by atoms with van der Waals surface area (Å²) in [6.45, 7) is 15.7. The average molecular weight is 675 g/mol. The molecule has 3 saturated carbocycles. The summed E-state index contributed by atoms with van der Waals surface area (Å²) in [5.41, 5.74) is 4.68. The zero-order chi connectivity index (χ0) is 35.7. The van der Waals surface area contributed by atoms with E-state index in [0.717, 1.165) is 44.9 Å². The highest BCUT2D eigenvalue weighted by Gasteiger charge is 2.69. The first-order chi connectivity index (χ1) is 22.3. The number of piperidine rings is 1. The zero-order valence-electron chi connectivity index (χ0n) is 30.0. The molecule has 4 rings (SSSR count). The molecule has 4 fully saturated rings. The molecule has 48 heavy (non-hydrogen) atoms. The number of nitrogens with one attached hydrogen (secondary N) is 4. The summed E-state index contributed by atoms with van der Waals surface area (Å²) in [7, 11) is 0. The van der Waals surface area contributed by atoms with Gasteiger partial charge in [-0.2, -0.15) is 0 Å². The third-order valence-corrected chi connectivity index (χ3v) is 11.2. The van der Waals surface area contributed by atoms with Gasteiger partial charge in [0.1, 0.15) is 18.2 Å². The van der Waals surface area contributed by atoms with Gasteiger partial charge in [0, 0.05) is 12.6 Å². The number of amides is 6. The van der Waals surface area contributed by atoms with E-state index in [-0.39, 0.29) is 41.0 Å². The standard InChI is InChI=1S/C35H58N6O7/c1-18(2)37-33(47)48-19(3)28(34(4,5)6)40-32(46)39-25(21-14-9-10-15-21)31(45)41-17-22-24(35(22,7)8)26(41)30(44)38-23(27(42)29(36)43)16-20-12-11-13-20/h18-26,28H,9-17H2,1-8H3,(H2,36,43)(H,37,47)(H,38,44)(H2,39,40,46)/t19?,22-,23?,24-,25-,26-,28+/m0/s1. The topological polar surface area (TPSA) is 189 Å². The zero-order valence-corrected chi connectivity index (χ0v) is 30.0. The third-order valence-electron chi connectivity index (χ3n) is 11.2. The molecular weight excluding hydrogens is 616 g/mol. The van der Waals surface area contributed by atoms with E-state index >= 15 is 0 Å². The molecule has 1 saturated heterocycles. The van der Waals surface area contributed by atoms with Crippen LogP contribution in [0.5, 0.6) is 0 Å². The van der Waals surface area contributed by atoms with Crippen molar-refractivity contribution >= 4 is 35.6 Å². The van der Waals surface area contributed by atoms with E-state index in [2.05, 4.69) is 35.1 Å². The van der Waals surface area contributed by atoms with Gasteiger partial charge >= 0.3 is 12.1 Å². The Morgan fingerprint density at radius 3 is 2.04 bits per heavy atom. The van der Waals surface area contributed by atoms with Crippen molar-refractivity contribution in [3.05, 3.63) is 0 Å². The van der Waals surface area contributed by atoms with Crippen LogP contribution in [-0.2, 0) is 23.9 Å². The monoisotopic (exact) mass is 674 g/mol. The van der Waals surface area contributed by atoms with Gasteiger partial charge in [0.15, 0.2) is 0 Å². The Morgan fingerprint density at radius 2 is 1.52 bits per heavy atom. The minimum absolute atomic E-state index is 0.0902. The highest BCUT2D eigenvalue weighted by molar-refractivity contribution is 6.37. The summed E-state index contributed by atoms with van der Waals surface area (Å²) in [4.78, 5) is 80.7. The molecule has 4 aliphatic rings. The van der Waals surface area contributed by atoms with E-state index in [1.165, 1.54) is 0 Å². The van der Waals surface area contributed by atoms with Crippen molar-refractivity contribution in [3.63, 3.8) is 0 Å². The molecule has 13 nitrogen and oxygen atoms in total. The van der Waals surface area contributed by atoms with Gasteiger partial charge in [-0.1, -0.05) is 66.7 Å². The molecule has 1 aliphatic heterocycles. The number of nitrogens with two attached hydrogens (primary N) is 1. The van der Waals surface area contributed by atoms with Crippen molar-refractivity contribution in [2.75, 3.05) is 6.54 Å². The quantitative estimate of drug-likeness (QED) is 0.186. The number of hydrogen-bond acceptors (Lipinski definition) is 7. The largest absolute Gasteiger partial charge is 0.444 e. The second-order valence-electron chi connectivity index (χ2n) is 16.6. The fourth-order valence-electron chi connectivity index (χ4n) is 8.25. The number of carbonyl (C=O) groups excluding carboxylic acids is 6. The smallest absolute Gasteiger partial charge is 0.407 e. The number of Topliss-reactive ketones (excluding diaryl/α,β-unsaturated/α-hetero) is 1. The fourth-order valence-corrected chi connectivity index (χ4v) is 8.25. The van der Waals surface area contributed by atoms with Gasteiger partial charge in [-0.05, 0) is 74.5 Å². The Hall–Kier alpha value is -3.38. The summed E-state index contributed by atoms with van der Waals surface area (Å²) in [6, 6.07) is -4.00. The Balaban J connectivity index is 1.52. The number of nitrogens with zero attached hydrogens (tertiary/aromatic N) is 1. The van der Waals surface area contributed by atoms with Gasteiger partial charge in [0.25, 0.3) is 5.91 Å². The van der Waals surface area contributed by atoms with Crippen LogP contribution < -0.4 is 27.0 Å². The maximum absolute atomic E-state index is 14.5. The van der Waals surface area contributed by atoms with Crippen LogP contribution in [0.15, 0.2) is 0 Å². The van der Waals surface area contributed by atoms with E-state index in [1.807, 2.05) is 34.6 Å². The van der Waals surface area contributed by atoms with Crippen LogP contribution in [-0.4, -0.2) is 83.4 Å². The number of likely N-dealkylation sites (tertiary alicyclic amines) is 1. The van der Waals surface area contributed by atoms with Crippen molar-refractivity contribution in [1.29, 1.82) is 0 Å². The Morgan fingerprint density at radius 1 is 0.896 bits per heavy atom. The fraction of sp³-hybridized carbons (Fsp3) is 0.829. The van der Waals surface area contributed by atoms with Gasteiger partial charge in [0.05, 0.1) is 12.1 Å². The van der Waals surface area contributed by atoms with Crippen molar-refractivity contribution in [1.82, 2.24) is 26.2 Å². The molecule has 6 N–H and O–H groups in total. The number of rotatable bonds is 13. The summed E-state index contributed by atoms with van der Waals surface area (Å²) >= 11 is 0. The summed E-state index contributed by atoms with van der Waals surface area (Å²) < 4.78 is 5.59. The normalized spacial score (nSPS) is 25.9. The highest BCUT2D eigenvalue weighted by Crippen LogP contribution is 2.65. The maximum Gasteiger partial charge on any atom is 0.407 e. The van der Waals surface area contributed by atoms with Crippen LogP contribution >= 0.6 is 0 Å². The molecule has 7 atom stereocenters. The molecule has 0 aromatic heterocycles. The lowest BCUT2D eigenvalue weighted by atomic mass is 9.80. The first kappa shape index (κ1) is 37.4. The third kappa shape index (κ3) is 8.42. The van der Waals surface area contributed by atoms with Gasteiger partial charge in [-0.15, -0.1) is 0 Å². The van der Waals surface area contributed by atoms with Gasteiger partial charge in [-0.3, -0.25) is 19.2 Å².